The van der Waals surface area contributed by atoms with E-state index in [2.05, 4.69) is 97.9 Å². The molecule has 38 heavy (non-hydrogen) atoms. The van der Waals surface area contributed by atoms with E-state index in [4.69, 9.17) is 15.0 Å². The van der Waals surface area contributed by atoms with E-state index in [1.807, 2.05) is 0 Å². The minimum atomic E-state index is 0.380. The molecule has 2 fully saturated rings. The summed E-state index contributed by atoms with van der Waals surface area (Å²) in [5.41, 5.74) is 10.3. The first kappa shape index (κ1) is 24.5. The van der Waals surface area contributed by atoms with E-state index in [1.54, 1.807) is 0 Å². The number of hydrogen-bond acceptors (Lipinski definition) is 3. The van der Waals surface area contributed by atoms with Crippen molar-refractivity contribution in [1.29, 1.82) is 0 Å². The summed E-state index contributed by atoms with van der Waals surface area (Å²) in [6, 6.07) is 15.5. The number of nitrogens with zero attached hydrogens (tertiary/aromatic N) is 3. The molecular formula is C35H43N3. The molecule has 6 atom stereocenters. The zero-order valence-electron chi connectivity index (χ0n) is 24.4. The molecule has 4 bridgehead atoms. The third-order valence-corrected chi connectivity index (χ3v) is 11.6. The minimum Gasteiger partial charge on any atom is -0.251 e. The standard InChI is InChI=1S/C35H43N3/c1-18(2)30-24-16-22(34(24,5)6)20-12-14-28(37-32(20)30)26-10-9-11-27(36-26)29-15-13-21-23-17-25(35(23,7)8)31(19(3)4)33(21)38-29/h9-15,18-19,22-25,30-31H,16-17H2,1-8H3/t22-,23-,24+,25+,30-,31-/m0/s1. The van der Waals surface area contributed by atoms with Crippen molar-refractivity contribution in [2.24, 2.45) is 34.5 Å². The van der Waals surface area contributed by atoms with Gasteiger partial charge in [-0.2, -0.15) is 0 Å². The van der Waals surface area contributed by atoms with E-state index in [1.165, 1.54) is 35.4 Å². The zero-order chi connectivity index (χ0) is 26.7. The number of pyridine rings is 3. The summed E-state index contributed by atoms with van der Waals surface area (Å²) < 4.78 is 0. The van der Waals surface area contributed by atoms with Gasteiger partial charge in [0.2, 0.25) is 0 Å². The van der Waals surface area contributed by atoms with Crippen LogP contribution in [0, 0.1) is 34.5 Å². The molecule has 3 nitrogen and oxygen atoms in total. The fourth-order valence-corrected chi connectivity index (χ4v) is 9.23. The lowest BCUT2D eigenvalue weighted by molar-refractivity contribution is -0.0198. The third kappa shape index (κ3) is 3.17. The summed E-state index contributed by atoms with van der Waals surface area (Å²) in [6.07, 6.45) is 2.63. The number of aromatic nitrogens is 3. The molecule has 6 aliphatic carbocycles. The summed E-state index contributed by atoms with van der Waals surface area (Å²) in [4.78, 5) is 15.8. The van der Waals surface area contributed by atoms with Gasteiger partial charge >= 0.3 is 0 Å². The molecule has 3 aromatic heterocycles. The lowest BCUT2D eigenvalue weighted by Gasteiger charge is -2.61. The summed E-state index contributed by atoms with van der Waals surface area (Å²) in [5, 5.41) is 0. The SMILES string of the molecule is CC(C)[C@@H]1c2nc(-c3cccc(-c4ccc5c(n4)[C@@H](C(C)C)[C@H]4C[C@@H]5C4(C)C)n3)ccc2[C@@H]2C[C@H]1C2(C)C. The molecule has 2 saturated carbocycles. The topological polar surface area (TPSA) is 38.7 Å². The molecule has 0 aliphatic heterocycles. The number of rotatable bonds is 4. The van der Waals surface area contributed by atoms with Crippen LogP contribution >= 0.6 is 0 Å². The van der Waals surface area contributed by atoms with E-state index in [0.717, 1.165) is 34.6 Å². The fourth-order valence-electron chi connectivity index (χ4n) is 9.23. The van der Waals surface area contributed by atoms with E-state index < -0.39 is 0 Å². The highest BCUT2D eigenvalue weighted by Crippen LogP contribution is 2.68. The van der Waals surface area contributed by atoms with Crippen molar-refractivity contribution in [3.8, 4) is 22.8 Å². The van der Waals surface area contributed by atoms with Gasteiger partial charge in [-0.05, 0) is 94.6 Å². The maximum Gasteiger partial charge on any atom is 0.0894 e. The van der Waals surface area contributed by atoms with E-state index in [-0.39, 0.29) is 0 Å². The highest BCUT2D eigenvalue weighted by atomic mass is 14.9. The van der Waals surface area contributed by atoms with Crippen LogP contribution in [0.4, 0.5) is 0 Å². The molecule has 198 valence electrons. The van der Waals surface area contributed by atoms with Crippen LogP contribution < -0.4 is 0 Å². The highest BCUT2D eigenvalue weighted by molar-refractivity contribution is 5.63. The van der Waals surface area contributed by atoms with Crippen LogP contribution in [0.15, 0.2) is 42.5 Å². The van der Waals surface area contributed by atoms with Crippen molar-refractivity contribution in [3.05, 3.63) is 65.0 Å². The highest BCUT2D eigenvalue weighted by Gasteiger charge is 2.59. The van der Waals surface area contributed by atoms with Crippen LogP contribution in [0.1, 0.15) is 114 Å². The average molecular weight is 506 g/mol. The van der Waals surface area contributed by atoms with Gasteiger partial charge in [0.05, 0.1) is 22.8 Å². The largest absolute Gasteiger partial charge is 0.251 e. The predicted molar refractivity (Wildman–Crippen MR) is 155 cm³/mol. The average Bonchev–Trinajstić information content (AvgIpc) is 2.90. The molecular weight excluding hydrogens is 462 g/mol. The molecule has 6 aliphatic rings. The second-order valence-electron chi connectivity index (χ2n) is 14.7. The quantitative estimate of drug-likeness (QED) is 0.355. The Labute approximate surface area is 228 Å². The van der Waals surface area contributed by atoms with Gasteiger partial charge in [0.25, 0.3) is 0 Å². The first-order valence-electron chi connectivity index (χ1n) is 15.0. The summed E-state index contributed by atoms with van der Waals surface area (Å²) >= 11 is 0. The second kappa shape index (κ2) is 7.99. The van der Waals surface area contributed by atoms with Gasteiger partial charge in [-0.15, -0.1) is 0 Å². The Bertz CT molecular complexity index is 1330. The lowest BCUT2D eigenvalue weighted by atomic mass is 9.43. The van der Waals surface area contributed by atoms with Crippen molar-refractivity contribution < 1.29 is 0 Å². The Morgan fingerprint density at radius 1 is 0.579 bits per heavy atom. The smallest absolute Gasteiger partial charge is 0.0894 e. The van der Waals surface area contributed by atoms with Gasteiger partial charge < -0.3 is 0 Å². The molecule has 9 rings (SSSR count). The van der Waals surface area contributed by atoms with Crippen molar-refractivity contribution in [3.63, 3.8) is 0 Å². The van der Waals surface area contributed by atoms with Crippen molar-refractivity contribution in [2.75, 3.05) is 0 Å². The fraction of sp³-hybridized carbons (Fsp3) is 0.571. The maximum atomic E-state index is 5.32. The van der Waals surface area contributed by atoms with Crippen LogP contribution in [0.2, 0.25) is 0 Å². The van der Waals surface area contributed by atoms with Gasteiger partial charge in [-0.25, -0.2) is 4.98 Å². The molecule has 0 radical (unpaired) electrons. The molecule has 0 amide bonds. The van der Waals surface area contributed by atoms with Crippen molar-refractivity contribution >= 4 is 0 Å². The Morgan fingerprint density at radius 2 is 0.974 bits per heavy atom. The van der Waals surface area contributed by atoms with Gasteiger partial charge in [0.15, 0.2) is 0 Å². The van der Waals surface area contributed by atoms with Crippen LogP contribution in [0.3, 0.4) is 0 Å². The van der Waals surface area contributed by atoms with Gasteiger partial charge in [0, 0.05) is 23.2 Å². The lowest BCUT2D eigenvalue weighted by Crippen LogP contribution is -2.51. The third-order valence-electron chi connectivity index (χ3n) is 11.6. The second-order valence-corrected chi connectivity index (χ2v) is 14.7. The monoisotopic (exact) mass is 505 g/mol. The molecule has 0 N–H and O–H groups in total. The Balaban J connectivity index is 1.27. The maximum absolute atomic E-state index is 5.32. The van der Waals surface area contributed by atoms with Gasteiger partial charge in [-0.3, -0.25) is 9.97 Å². The molecule has 3 aromatic rings. The molecule has 3 heteroatoms. The predicted octanol–water partition coefficient (Wildman–Crippen LogP) is 8.97. The Morgan fingerprint density at radius 3 is 1.34 bits per heavy atom. The molecule has 0 saturated heterocycles. The summed E-state index contributed by atoms with van der Waals surface area (Å²) in [5.74, 6) is 4.97. The number of hydrogen-bond donors (Lipinski definition) is 0. The van der Waals surface area contributed by atoms with Gasteiger partial charge in [-0.1, -0.05) is 73.6 Å². The van der Waals surface area contributed by atoms with Crippen LogP contribution in [-0.2, 0) is 0 Å². The first-order valence-corrected chi connectivity index (χ1v) is 15.0. The Hall–Kier alpha value is -2.55. The van der Waals surface area contributed by atoms with E-state index >= 15 is 0 Å². The van der Waals surface area contributed by atoms with Gasteiger partial charge in [0.1, 0.15) is 0 Å². The first-order chi connectivity index (χ1) is 18.0. The van der Waals surface area contributed by atoms with E-state index in [0.29, 0.717) is 46.3 Å². The van der Waals surface area contributed by atoms with Crippen molar-refractivity contribution in [2.45, 2.75) is 91.9 Å². The molecule has 3 heterocycles. The zero-order valence-corrected chi connectivity index (χ0v) is 24.4. The summed E-state index contributed by atoms with van der Waals surface area (Å²) in [6.45, 7) is 19.3. The normalized spacial score (nSPS) is 31.3. The molecule has 0 aromatic carbocycles. The van der Waals surface area contributed by atoms with E-state index in [9.17, 15) is 0 Å². The molecule has 0 unspecified atom stereocenters. The minimum absolute atomic E-state index is 0.380. The van der Waals surface area contributed by atoms with Crippen LogP contribution in [-0.4, -0.2) is 15.0 Å². The van der Waals surface area contributed by atoms with Crippen LogP contribution in [0.5, 0.6) is 0 Å². The summed E-state index contributed by atoms with van der Waals surface area (Å²) in [7, 11) is 0. The molecule has 0 spiro atoms. The van der Waals surface area contributed by atoms with Crippen LogP contribution in [0.25, 0.3) is 22.8 Å². The van der Waals surface area contributed by atoms with Crippen molar-refractivity contribution in [1.82, 2.24) is 15.0 Å². The Kier molecular flexibility index (Phi) is 5.15.